The van der Waals surface area contributed by atoms with Gasteiger partial charge < -0.3 is 5.11 Å². The van der Waals surface area contributed by atoms with Gasteiger partial charge in [0.05, 0.1) is 6.42 Å². The summed E-state index contributed by atoms with van der Waals surface area (Å²) in [5.74, 6) is 0.873. The molecule has 0 radical (unpaired) electrons. The smallest absolute Gasteiger partial charge is 0.303 e. The summed E-state index contributed by atoms with van der Waals surface area (Å²) < 4.78 is 0. The molecule has 1 N–H and O–H groups in total. The van der Waals surface area contributed by atoms with E-state index in [0.29, 0.717) is 18.3 Å². The van der Waals surface area contributed by atoms with Crippen LogP contribution >= 0.6 is 0 Å². The van der Waals surface area contributed by atoms with Crippen molar-refractivity contribution in [2.75, 3.05) is 0 Å². The van der Waals surface area contributed by atoms with E-state index in [1.54, 1.807) is 0 Å². The van der Waals surface area contributed by atoms with Crippen LogP contribution in [0.2, 0.25) is 0 Å². The average Bonchev–Trinajstić information content (AvgIpc) is 3.10. The maximum Gasteiger partial charge on any atom is 0.303 e. The molecule has 0 aromatic heterocycles. The van der Waals surface area contributed by atoms with Crippen LogP contribution in [-0.2, 0) is 4.79 Å². The Labute approximate surface area is 114 Å². The molecule has 0 bridgehead atoms. The predicted octanol–water partition coefficient (Wildman–Crippen LogP) is 4.31. The van der Waals surface area contributed by atoms with E-state index in [1.165, 1.54) is 49.7 Å². The minimum Gasteiger partial charge on any atom is -0.481 e. The topological polar surface area (TPSA) is 37.3 Å². The van der Waals surface area contributed by atoms with Gasteiger partial charge in [0.15, 0.2) is 0 Å². The Hall–Kier alpha value is -1.31. The van der Waals surface area contributed by atoms with Crippen molar-refractivity contribution in [2.45, 2.75) is 56.8 Å². The van der Waals surface area contributed by atoms with E-state index in [-0.39, 0.29) is 5.92 Å². The van der Waals surface area contributed by atoms with E-state index < -0.39 is 5.97 Å². The number of hydrogen-bond acceptors (Lipinski definition) is 1. The molecule has 2 aliphatic carbocycles. The molecule has 19 heavy (non-hydrogen) atoms. The number of carbonyl (C=O) groups is 1. The van der Waals surface area contributed by atoms with Gasteiger partial charge in [0.2, 0.25) is 0 Å². The van der Waals surface area contributed by atoms with E-state index in [4.69, 9.17) is 0 Å². The quantitative estimate of drug-likeness (QED) is 0.854. The lowest BCUT2D eigenvalue weighted by Crippen LogP contribution is -2.11. The Morgan fingerprint density at radius 1 is 1.16 bits per heavy atom. The van der Waals surface area contributed by atoms with Crippen molar-refractivity contribution >= 4 is 5.97 Å². The lowest BCUT2D eigenvalue weighted by molar-refractivity contribution is -0.137. The fourth-order valence-electron chi connectivity index (χ4n) is 3.67. The minimum atomic E-state index is -0.655. The summed E-state index contributed by atoms with van der Waals surface area (Å²) >= 11 is 0. The van der Waals surface area contributed by atoms with E-state index in [1.807, 2.05) is 0 Å². The molecule has 0 aliphatic heterocycles. The molecule has 1 atom stereocenters. The first-order chi connectivity index (χ1) is 9.25. The number of benzene rings is 1. The minimum absolute atomic E-state index is 0.245. The van der Waals surface area contributed by atoms with Crippen molar-refractivity contribution in [3.63, 3.8) is 0 Å². The summed E-state index contributed by atoms with van der Waals surface area (Å²) in [6, 6.07) is 8.61. The molecule has 2 heteroatoms. The molecule has 0 amide bonds. The predicted molar refractivity (Wildman–Crippen MR) is 75.4 cm³/mol. The second-order valence-corrected chi connectivity index (χ2v) is 6.15. The van der Waals surface area contributed by atoms with Crippen LogP contribution in [0.15, 0.2) is 24.3 Å². The third-order valence-electron chi connectivity index (χ3n) is 4.78. The van der Waals surface area contributed by atoms with E-state index in [9.17, 15) is 9.90 Å². The molecule has 0 spiro atoms. The molecule has 2 fully saturated rings. The zero-order chi connectivity index (χ0) is 13.2. The molecule has 1 aromatic carbocycles. The van der Waals surface area contributed by atoms with Gasteiger partial charge in [-0.3, -0.25) is 4.79 Å². The van der Waals surface area contributed by atoms with Crippen molar-refractivity contribution in [1.82, 2.24) is 0 Å². The Balaban J connectivity index is 1.90. The van der Waals surface area contributed by atoms with Crippen LogP contribution in [0.4, 0.5) is 0 Å². The second kappa shape index (κ2) is 5.36. The van der Waals surface area contributed by atoms with E-state index in [2.05, 4.69) is 24.3 Å². The Kier molecular flexibility index (Phi) is 3.58. The van der Waals surface area contributed by atoms with E-state index in [0.717, 1.165) is 0 Å². The molecule has 1 aromatic rings. The van der Waals surface area contributed by atoms with Gasteiger partial charge in [-0.05, 0) is 54.6 Å². The van der Waals surface area contributed by atoms with E-state index >= 15 is 0 Å². The zero-order valence-electron chi connectivity index (χ0n) is 11.3. The second-order valence-electron chi connectivity index (χ2n) is 6.15. The molecular formula is C17H22O2. The normalized spacial score (nSPS) is 21.5. The number of aliphatic carboxylic acids is 1. The molecule has 2 aliphatic rings. The summed E-state index contributed by atoms with van der Waals surface area (Å²) in [5, 5.41) is 9.18. The highest BCUT2D eigenvalue weighted by molar-refractivity contribution is 5.68. The molecule has 3 rings (SSSR count). The SMILES string of the molecule is O=C(O)CC(c1ccccc1C1CCCC1)C1CC1. The third-order valence-corrected chi connectivity index (χ3v) is 4.78. The fraction of sp³-hybridized carbons (Fsp3) is 0.588. The number of carboxylic acids is 1. The first-order valence-electron chi connectivity index (χ1n) is 7.56. The highest BCUT2D eigenvalue weighted by atomic mass is 16.4. The summed E-state index contributed by atoms with van der Waals surface area (Å²) in [5.41, 5.74) is 2.78. The molecule has 2 saturated carbocycles. The summed E-state index contributed by atoms with van der Waals surface area (Å²) in [4.78, 5) is 11.1. The maximum absolute atomic E-state index is 11.1. The van der Waals surface area contributed by atoms with Crippen LogP contribution in [-0.4, -0.2) is 11.1 Å². The summed E-state index contributed by atoms with van der Waals surface area (Å²) in [6.45, 7) is 0. The summed E-state index contributed by atoms with van der Waals surface area (Å²) in [7, 11) is 0. The van der Waals surface area contributed by atoms with Crippen LogP contribution in [0.3, 0.4) is 0 Å². The largest absolute Gasteiger partial charge is 0.481 e. The standard InChI is InChI=1S/C17H22O2/c18-17(19)11-16(13-9-10-13)15-8-4-3-7-14(15)12-5-1-2-6-12/h3-4,7-8,12-13,16H,1-2,5-6,9-11H2,(H,18,19). The first-order valence-corrected chi connectivity index (χ1v) is 7.56. The molecule has 1 unspecified atom stereocenters. The van der Waals surface area contributed by atoms with Gasteiger partial charge in [0.1, 0.15) is 0 Å². The van der Waals surface area contributed by atoms with Crippen molar-refractivity contribution < 1.29 is 9.90 Å². The third kappa shape index (κ3) is 2.83. The molecule has 102 valence electrons. The van der Waals surface area contributed by atoms with Gasteiger partial charge in [-0.15, -0.1) is 0 Å². The number of carboxylic acid groups (broad SMARTS) is 1. The Bertz CT molecular complexity index is 456. The Morgan fingerprint density at radius 3 is 2.47 bits per heavy atom. The van der Waals surface area contributed by atoms with Crippen LogP contribution in [0.5, 0.6) is 0 Å². The molecule has 2 nitrogen and oxygen atoms in total. The highest BCUT2D eigenvalue weighted by Gasteiger charge is 2.35. The van der Waals surface area contributed by atoms with Crippen LogP contribution in [0, 0.1) is 5.92 Å². The van der Waals surface area contributed by atoms with Gasteiger partial charge in [0, 0.05) is 0 Å². The van der Waals surface area contributed by atoms with Crippen molar-refractivity contribution in [3.05, 3.63) is 35.4 Å². The van der Waals surface area contributed by atoms with Crippen LogP contribution in [0.25, 0.3) is 0 Å². The van der Waals surface area contributed by atoms with Crippen molar-refractivity contribution in [2.24, 2.45) is 5.92 Å². The fourth-order valence-corrected chi connectivity index (χ4v) is 3.67. The highest BCUT2D eigenvalue weighted by Crippen LogP contribution is 2.47. The Morgan fingerprint density at radius 2 is 1.84 bits per heavy atom. The molecule has 0 saturated heterocycles. The zero-order valence-corrected chi connectivity index (χ0v) is 11.3. The van der Waals surface area contributed by atoms with Gasteiger partial charge in [-0.2, -0.15) is 0 Å². The average molecular weight is 258 g/mol. The number of hydrogen-bond donors (Lipinski definition) is 1. The van der Waals surface area contributed by atoms with Crippen LogP contribution in [0.1, 0.15) is 67.9 Å². The maximum atomic E-state index is 11.1. The lowest BCUT2D eigenvalue weighted by Gasteiger charge is -2.22. The first kappa shape index (κ1) is 12.7. The van der Waals surface area contributed by atoms with Gasteiger partial charge in [-0.1, -0.05) is 37.1 Å². The molecule has 0 heterocycles. The molecular weight excluding hydrogens is 236 g/mol. The van der Waals surface area contributed by atoms with Crippen LogP contribution < -0.4 is 0 Å². The van der Waals surface area contributed by atoms with Crippen molar-refractivity contribution in [3.8, 4) is 0 Å². The number of rotatable bonds is 5. The lowest BCUT2D eigenvalue weighted by atomic mass is 9.83. The van der Waals surface area contributed by atoms with Gasteiger partial charge >= 0.3 is 5.97 Å². The monoisotopic (exact) mass is 258 g/mol. The summed E-state index contributed by atoms with van der Waals surface area (Å²) in [6.07, 6.45) is 7.92. The van der Waals surface area contributed by atoms with Gasteiger partial charge in [-0.25, -0.2) is 0 Å². The van der Waals surface area contributed by atoms with Crippen molar-refractivity contribution in [1.29, 1.82) is 0 Å². The van der Waals surface area contributed by atoms with Gasteiger partial charge in [0.25, 0.3) is 0 Å².